The molecule has 0 saturated heterocycles. The zero-order valence-electron chi connectivity index (χ0n) is 8.93. The molecule has 0 amide bonds. The van der Waals surface area contributed by atoms with Crippen molar-refractivity contribution in [1.29, 1.82) is 0 Å². The van der Waals surface area contributed by atoms with Crippen molar-refractivity contribution >= 4 is 0 Å². The molecule has 0 saturated carbocycles. The Morgan fingerprint density at radius 2 is 1.85 bits per heavy atom. The third-order valence-corrected chi connectivity index (χ3v) is 1.91. The van der Waals surface area contributed by atoms with E-state index >= 15 is 0 Å². The van der Waals surface area contributed by atoms with Gasteiger partial charge in [-0.15, -0.1) is 0 Å². The second kappa shape index (κ2) is 8.45. The van der Waals surface area contributed by atoms with E-state index < -0.39 is 0 Å². The number of nitrogens with zero attached hydrogens (tertiary/aromatic N) is 1. The summed E-state index contributed by atoms with van der Waals surface area (Å²) in [5.74, 6) is 0.650. The topological polar surface area (TPSA) is 29.3 Å². The van der Waals surface area contributed by atoms with Crippen molar-refractivity contribution in [2.75, 3.05) is 32.9 Å². The Labute approximate surface area is 81.3 Å². The maximum Gasteiger partial charge on any atom is 0.0906 e. The highest BCUT2D eigenvalue weighted by Gasteiger charge is 2.05. The molecule has 0 aromatic rings. The molecule has 0 aromatic heterocycles. The molecule has 0 atom stereocenters. The number of nitrogens with two attached hydrogens (primary N) is 1. The van der Waals surface area contributed by atoms with Gasteiger partial charge in [-0.1, -0.05) is 13.8 Å². The van der Waals surface area contributed by atoms with Crippen LogP contribution in [0.5, 0.6) is 0 Å². The van der Waals surface area contributed by atoms with Crippen LogP contribution in [0.4, 0.5) is 4.39 Å². The smallest absolute Gasteiger partial charge is 0.0906 e. The summed E-state index contributed by atoms with van der Waals surface area (Å²) in [7, 11) is 0. The first-order chi connectivity index (χ1) is 6.20. The van der Waals surface area contributed by atoms with Crippen molar-refractivity contribution in [3.05, 3.63) is 0 Å². The number of hydrogen-bond donors (Lipinski definition) is 1. The molecule has 0 bridgehead atoms. The number of hydrogen-bond acceptors (Lipinski definition) is 2. The van der Waals surface area contributed by atoms with Gasteiger partial charge in [-0.25, -0.2) is 0 Å². The van der Waals surface area contributed by atoms with E-state index in [2.05, 4.69) is 18.7 Å². The first kappa shape index (κ1) is 12.8. The first-order valence-corrected chi connectivity index (χ1v) is 5.19. The molecule has 0 radical (unpaired) electrons. The van der Waals surface area contributed by atoms with Gasteiger partial charge in [0.05, 0.1) is 6.67 Å². The predicted octanol–water partition coefficient (Wildman–Crippen LogP) is 1.65. The highest BCUT2D eigenvalue weighted by molar-refractivity contribution is 4.60. The van der Waals surface area contributed by atoms with Crippen LogP contribution in [0.25, 0.3) is 0 Å². The van der Waals surface area contributed by atoms with Crippen LogP contribution in [-0.2, 0) is 0 Å². The fourth-order valence-corrected chi connectivity index (χ4v) is 1.41. The van der Waals surface area contributed by atoms with Gasteiger partial charge in [0, 0.05) is 13.1 Å². The maximum atomic E-state index is 12.0. The highest BCUT2D eigenvalue weighted by Crippen LogP contribution is 2.01. The highest BCUT2D eigenvalue weighted by atomic mass is 19.1. The molecular formula is C10H23FN2. The van der Waals surface area contributed by atoms with Gasteiger partial charge in [0.2, 0.25) is 0 Å². The molecule has 2 N–H and O–H groups in total. The molecule has 0 aliphatic rings. The lowest BCUT2D eigenvalue weighted by Crippen LogP contribution is -2.31. The van der Waals surface area contributed by atoms with Crippen molar-refractivity contribution in [2.45, 2.75) is 26.7 Å². The van der Waals surface area contributed by atoms with E-state index in [-0.39, 0.29) is 6.67 Å². The summed E-state index contributed by atoms with van der Waals surface area (Å²) >= 11 is 0. The van der Waals surface area contributed by atoms with E-state index in [0.717, 1.165) is 32.6 Å². The van der Waals surface area contributed by atoms with Crippen LogP contribution >= 0.6 is 0 Å². The minimum atomic E-state index is -0.211. The van der Waals surface area contributed by atoms with E-state index in [0.29, 0.717) is 12.3 Å². The molecule has 0 unspecified atom stereocenters. The molecule has 3 heteroatoms. The Morgan fingerprint density at radius 1 is 1.23 bits per heavy atom. The molecule has 80 valence electrons. The standard InChI is InChI=1S/C10H23FN2/c1-10(2)9-13(7-3-5-11)8-4-6-12/h10H,3-9,12H2,1-2H3. The molecule has 0 spiro atoms. The fraction of sp³-hybridized carbons (Fsp3) is 1.00. The summed E-state index contributed by atoms with van der Waals surface area (Å²) in [5.41, 5.74) is 5.44. The van der Waals surface area contributed by atoms with Crippen LogP contribution in [0, 0.1) is 5.92 Å². The maximum absolute atomic E-state index is 12.0. The number of alkyl halides is 1. The molecule has 0 fully saturated rings. The van der Waals surface area contributed by atoms with Crippen molar-refractivity contribution < 1.29 is 4.39 Å². The minimum absolute atomic E-state index is 0.211. The van der Waals surface area contributed by atoms with Gasteiger partial charge in [0.25, 0.3) is 0 Å². The number of rotatable bonds is 8. The first-order valence-electron chi connectivity index (χ1n) is 5.19. The zero-order valence-corrected chi connectivity index (χ0v) is 8.93. The van der Waals surface area contributed by atoms with Gasteiger partial charge in [-0.2, -0.15) is 0 Å². The molecule has 0 aliphatic heterocycles. The van der Waals surface area contributed by atoms with Gasteiger partial charge in [-0.3, -0.25) is 4.39 Å². The quantitative estimate of drug-likeness (QED) is 0.630. The Kier molecular flexibility index (Phi) is 8.35. The van der Waals surface area contributed by atoms with Gasteiger partial charge < -0.3 is 10.6 Å². The summed E-state index contributed by atoms with van der Waals surface area (Å²) in [5, 5.41) is 0. The Balaban J connectivity index is 3.60. The lowest BCUT2D eigenvalue weighted by atomic mass is 10.2. The fourth-order valence-electron chi connectivity index (χ4n) is 1.41. The van der Waals surface area contributed by atoms with E-state index in [1.54, 1.807) is 0 Å². The van der Waals surface area contributed by atoms with E-state index in [4.69, 9.17) is 5.73 Å². The Bertz CT molecular complexity index is 99.1. The van der Waals surface area contributed by atoms with Crippen LogP contribution in [-0.4, -0.2) is 37.8 Å². The number of halogens is 1. The zero-order chi connectivity index (χ0) is 10.1. The molecule has 0 aromatic carbocycles. The van der Waals surface area contributed by atoms with Crippen LogP contribution in [0.3, 0.4) is 0 Å². The molecule has 13 heavy (non-hydrogen) atoms. The Hall–Kier alpha value is -0.150. The monoisotopic (exact) mass is 190 g/mol. The van der Waals surface area contributed by atoms with Crippen molar-refractivity contribution in [2.24, 2.45) is 11.7 Å². The van der Waals surface area contributed by atoms with Crippen molar-refractivity contribution in [3.63, 3.8) is 0 Å². The summed E-state index contributed by atoms with van der Waals surface area (Å²) in [6, 6.07) is 0. The summed E-state index contributed by atoms with van der Waals surface area (Å²) in [6.07, 6.45) is 1.66. The third kappa shape index (κ3) is 8.19. The van der Waals surface area contributed by atoms with E-state index in [9.17, 15) is 4.39 Å². The van der Waals surface area contributed by atoms with Crippen LogP contribution in [0.2, 0.25) is 0 Å². The van der Waals surface area contributed by atoms with Crippen LogP contribution in [0.1, 0.15) is 26.7 Å². The average Bonchev–Trinajstić information content (AvgIpc) is 2.09. The van der Waals surface area contributed by atoms with Gasteiger partial charge in [-0.05, 0) is 31.8 Å². The summed E-state index contributed by atoms with van der Waals surface area (Å²) < 4.78 is 12.0. The predicted molar refractivity (Wildman–Crippen MR) is 55.5 cm³/mol. The molecule has 0 heterocycles. The largest absolute Gasteiger partial charge is 0.330 e. The normalized spacial score (nSPS) is 11.5. The molecule has 0 rings (SSSR count). The molecular weight excluding hydrogens is 167 g/mol. The third-order valence-electron chi connectivity index (χ3n) is 1.91. The van der Waals surface area contributed by atoms with Gasteiger partial charge in [0.15, 0.2) is 0 Å². The van der Waals surface area contributed by atoms with Crippen LogP contribution in [0.15, 0.2) is 0 Å². The lowest BCUT2D eigenvalue weighted by molar-refractivity contribution is 0.231. The second-order valence-electron chi connectivity index (χ2n) is 3.88. The van der Waals surface area contributed by atoms with Crippen molar-refractivity contribution in [1.82, 2.24) is 4.90 Å². The van der Waals surface area contributed by atoms with E-state index in [1.165, 1.54) is 0 Å². The minimum Gasteiger partial charge on any atom is -0.330 e. The van der Waals surface area contributed by atoms with Gasteiger partial charge in [0.1, 0.15) is 0 Å². The summed E-state index contributed by atoms with van der Waals surface area (Å²) in [6.45, 7) is 7.82. The lowest BCUT2D eigenvalue weighted by Gasteiger charge is -2.23. The van der Waals surface area contributed by atoms with Crippen LogP contribution < -0.4 is 5.73 Å². The van der Waals surface area contributed by atoms with Gasteiger partial charge >= 0.3 is 0 Å². The second-order valence-corrected chi connectivity index (χ2v) is 3.88. The Morgan fingerprint density at radius 3 is 2.31 bits per heavy atom. The van der Waals surface area contributed by atoms with E-state index in [1.807, 2.05) is 0 Å². The summed E-state index contributed by atoms with van der Waals surface area (Å²) in [4.78, 5) is 2.30. The van der Waals surface area contributed by atoms with Crippen molar-refractivity contribution in [3.8, 4) is 0 Å². The average molecular weight is 190 g/mol. The molecule has 2 nitrogen and oxygen atoms in total. The SMILES string of the molecule is CC(C)CN(CCCN)CCCF. The molecule has 0 aliphatic carbocycles.